The van der Waals surface area contributed by atoms with Crippen LogP contribution < -0.4 is 14.8 Å². The highest BCUT2D eigenvalue weighted by Gasteiger charge is 2.15. The molecular formula is C19H14BrN3O5. The van der Waals surface area contributed by atoms with Gasteiger partial charge in [0, 0.05) is 28.9 Å². The molecule has 0 aliphatic rings. The van der Waals surface area contributed by atoms with Crippen molar-refractivity contribution >= 4 is 33.2 Å². The number of nitro benzene ring substituents is 1. The van der Waals surface area contributed by atoms with Crippen molar-refractivity contribution in [1.29, 1.82) is 0 Å². The van der Waals surface area contributed by atoms with Crippen LogP contribution in [0.5, 0.6) is 17.4 Å². The van der Waals surface area contributed by atoms with E-state index in [1.54, 1.807) is 24.3 Å². The lowest BCUT2D eigenvalue weighted by Crippen LogP contribution is -2.13. The van der Waals surface area contributed by atoms with Crippen LogP contribution in [-0.2, 0) is 0 Å². The second-order valence-corrected chi connectivity index (χ2v) is 6.46. The minimum atomic E-state index is -0.551. The van der Waals surface area contributed by atoms with Crippen molar-refractivity contribution in [1.82, 2.24) is 4.98 Å². The molecule has 8 nitrogen and oxygen atoms in total. The number of pyridine rings is 1. The fourth-order valence-corrected chi connectivity index (χ4v) is 2.71. The number of hydrogen-bond donors (Lipinski definition) is 1. The van der Waals surface area contributed by atoms with Gasteiger partial charge in [0.25, 0.3) is 11.6 Å². The topological polar surface area (TPSA) is 104 Å². The van der Waals surface area contributed by atoms with Gasteiger partial charge in [0.05, 0.1) is 23.3 Å². The first-order valence-electron chi connectivity index (χ1n) is 7.99. The third-order valence-electron chi connectivity index (χ3n) is 3.66. The highest BCUT2D eigenvalue weighted by atomic mass is 79.9. The molecule has 1 aromatic heterocycles. The maximum Gasteiger partial charge on any atom is 0.271 e. The minimum Gasteiger partial charge on any atom is -0.495 e. The van der Waals surface area contributed by atoms with Gasteiger partial charge in [-0.1, -0.05) is 22.0 Å². The summed E-state index contributed by atoms with van der Waals surface area (Å²) in [5.74, 6) is 0.741. The summed E-state index contributed by atoms with van der Waals surface area (Å²) in [4.78, 5) is 27.0. The molecule has 0 aliphatic carbocycles. The summed E-state index contributed by atoms with van der Waals surface area (Å²) in [6, 6.07) is 14.3. The number of halogens is 1. The summed E-state index contributed by atoms with van der Waals surface area (Å²) in [6.45, 7) is 0. The number of anilines is 1. The van der Waals surface area contributed by atoms with Crippen LogP contribution in [0.4, 0.5) is 11.4 Å². The molecule has 0 fully saturated rings. The Hall–Kier alpha value is -3.46. The van der Waals surface area contributed by atoms with E-state index < -0.39 is 10.8 Å². The van der Waals surface area contributed by atoms with Crippen molar-refractivity contribution in [2.24, 2.45) is 0 Å². The van der Waals surface area contributed by atoms with Crippen LogP contribution in [0.1, 0.15) is 10.4 Å². The largest absolute Gasteiger partial charge is 0.495 e. The highest BCUT2D eigenvalue weighted by molar-refractivity contribution is 9.10. The molecule has 1 heterocycles. The van der Waals surface area contributed by atoms with Crippen LogP contribution in [0.2, 0.25) is 0 Å². The number of hydrogen-bond acceptors (Lipinski definition) is 6. The molecule has 1 amide bonds. The maximum atomic E-state index is 12.5. The van der Waals surface area contributed by atoms with E-state index in [-0.39, 0.29) is 16.9 Å². The Morgan fingerprint density at radius 1 is 1.18 bits per heavy atom. The first-order chi connectivity index (χ1) is 13.5. The normalized spacial score (nSPS) is 10.2. The molecule has 3 aromatic rings. The molecule has 0 atom stereocenters. The minimum absolute atomic E-state index is 0.160. The summed E-state index contributed by atoms with van der Waals surface area (Å²) in [5, 5.41) is 13.5. The van der Waals surface area contributed by atoms with Gasteiger partial charge in [-0.25, -0.2) is 4.98 Å². The molecule has 0 saturated carbocycles. The summed E-state index contributed by atoms with van der Waals surface area (Å²) in [5.41, 5.74) is 0.290. The summed E-state index contributed by atoms with van der Waals surface area (Å²) >= 11 is 3.36. The second-order valence-electron chi connectivity index (χ2n) is 5.54. The van der Waals surface area contributed by atoms with E-state index in [4.69, 9.17) is 9.47 Å². The molecule has 3 rings (SSSR count). The number of amides is 1. The standard InChI is InChI=1S/C19H14BrN3O5/c1-27-17-7-6-14(23(25)26)10-16(17)22-19(24)12-5-8-18(21-11-12)28-15-4-2-3-13(20)9-15/h2-11H,1H3,(H,22,24). The Balaban J connectivity index is 1.75. The number of nitrogens with one attached hydrogen (secondary N) is 1. The van der Waals surface area contributed by atoms with Gasteiger partial charge in [0.15, 0.2) is 0 Å². The van der Waals surface area contributed by atoms with Crippen LogP contribution in [-0.4, -0.2) is 22.9 Å². The quantitative estimate of drug-likeness (QED) is 0.433. The molecule has 1 N–H and O–H groups in total. The van der Waals surface area contributed by atoms with Crippen LogP contribution in [0.15, 0.2) is 65.3 Å². The number of nitro groups is 1. The smallest absolute Gasteiger partial charge is 0.271 e. The lowest BCUT2D eigenvalue weighted by Gasteiger charge is -2.10. The predicted octanol–water partition coefficient (Wildman–Crippen LogP) is 4.81. The number of rotatable bonds is 6. The van der Waals surface area contributed by atoms with Gasteiger partial charge in [0.2, 0.25) is 5.88 Å². The molecule has 0 radical (unpaired) electrons. The van der Waals surface area contributed by atoms with Crippen molar-refractivity contribution < 1.29 is 19.2 Å². The molecule has 142 valence electrons. The molecule has 0 saturated heterocycles. The van der Waals surface area contributed by atoms with E-state index in [2.05, 4.69) is 26.2 Å². The van der Waals surface area contributed by atoms with E-state index in [9.17, 15) is 14.9 Å². The summed E-state index contributed by atoms with van der Waals surface area (Å²) in [7, 11) is 1.41. The van der Waals surface area contributed by atoms with Crippen LogP contribution in [0.25, 0.3) is 0 Å². The average Bonchev–Trinajstić information content (AvgIpc) is 2.68. The van der Waals surface area contributed by atoms with E-state index in [1.807, 2.05) is 12.1 Å². The lowest BCUT2D eigenvalue weighted by atomic mass is 10.2. The first-order valence-corrected chi connectivity index (χ1v) is 8.79. The van der Waals surface area contributed by atoms with Gasteiger partial charge in [-0.2, -0.15) is 0 Å². The van der Waals surface area contributed by atoms with Crippen molar-refractivity contribution in [3.63, 3.8) is 0 Å². The van der Waals surface area contributed by atoms with E-state index in [0.29, 0.717) is 17.4 Å². The van der Waals surface area contributed by atoms with Crippen molar-refractivity contribution in [2.75, 3.05) is 12.4 Å². The number of ether oxygens (including phenoxy) is 2. The molecule has 2 aromatic carbocycles. The zero-order valence-electron chi connectivity index (χ0n) is 14.6. The van der Waals surface area contributed by atoms with Crippen LogP contribution >= 0.6 is 15.9 Å². The zero-order chi connectivity index (χ0) is 20.1. The Morgan fingerprint density at radius 2 is 2.00 bits per heavy atom. The molecule has 0 spiro atoms. The van der Waals surface area contributed by atoms with E-state index >= 15 is 0 Å². The van der Waals surface area contributed by atoms with Gasteiger partial charge in [-0.15, -0.1) is 0 Å². The molecule has 0 unspecified atom stereocenters. The molecule has 28 heavy (non-hydrogen) atoms. The number of carbonyl (C=O) groups is 1. The highest BCUT2D eigenvalue weighted by Crippen LogP contribution is 2.29. The number of methoxy groups -OCH3 is 1. The van der Waals surface area contributed by atoms with Gasteiger partial charge >= 0.3 is 0 Å². The number of nitrogens with zero attached hydrogens (tertiary/aromatic N) is 2. The molecule has 0 bridgehead atoms. The average molecular weight is 444 g/mol. The Morgan fingerprint density at radius 3 is 2.64 bits per heavy atom. The van der Waals surface area contributed by atoms with E-state index in [1.165, 1.54) is 31.5 Å². The fourth-order valence-electron chi connectivity index (χ4n) is 2.33. The van der Waals surface area contributed by atoms with Gasteiger partial charge < -0.3 is 14.8 Å². The molecular weight excluding hydrogens is 430 g/mol. The third kappa shape index (κ3) is 4.63. The first kappa shape index (κ1) is 19.3. The van der Waals surface area contributed by atoms with Crippen LogP contribution in [0.3, 0.4) is 0 Å². The van der Waals surface area contributed by atoms with Gasteiger partial charge in [-0.3, -0.25) is 14.9 Å². The maximum absolute atomic E-state index is 12.5. The zero-order valence-corrected chi connectivity index (χ0v) is 16.2. The number of carbonyl (C=O) groups excluding carboxylic acids is 1. The number of aromatic nitrogens is 1. The second kappa shape index (κ2) is 8.49. The third-order valence-corrected chi connectivity index (χ3v) is 4.15. The van der Waals surface area contributed by atoms with Crippen molar-refractivity contribution in [2.45, 2.75) is 0 Å². The van der Waals surface area contributed by atoms with Gasteiger partial charge in [-0.05, 0) is 30.3 Å². The van der Waals surface area contributed by atoms with Gasteiger partial charge in [0.1, 0.15) is 11.5 Å². The number of non-ortho nitro benzene ring substituents is 1. The monoisotopic (exact) mass is 443 g/mol. The Bertz CT molecular complexity index is 1020. The Kier molecular flexibility index (Phi) is 5.85. The Labute approximate surface area is 168 Å². The van der Waals surface area contributed by atoms with E-state index in [0.717, 1.165) is 4.47 Å². The fraction of sp³-hybridized carbons (Fsp3) is 0.0526. The predicted molar refractivity (Wildman–Crippen MR) is 106 cm³/mol. The van der Waals surface area contributed by atoms with Crippen LogP contribution in [0, 0.1) is 10.1 Å². The summed E-state index contributed by atoms with van der Waals surface area (Å²) in [6.07, 6.45) is 1.35. The summed E-state index contributed by atoms with van der Waals surface area (Å²) < 4.78 is 11.6. The molecule has 0 aliphatic heterocycles. The van der Waals surface area contributed by atoms with Crippen molar-refractivity contribution in [3.8, 4) is 17.4 Å². The number of benzene rings is 2. The lowest BCUT2D eigenvalue weighted by molar-refractivity contribution is -0.384. The van der Waals surface area contributed by atoms with Crippen molar-refractivity contribution in [3.05, 3.63) is 80.9 Å². The SMILES string of the molecule is COc1ccc([N+](=O)[O-])cc1NC(=O)c1ccc(Oc2cccc(Br)c2)nc1. The molecule has 9 heteroatoms.